The molecule has 7 nitrogen and oxygen atoms in total. The van der Waals surface area contributed by atoms with Crippen LogP contribution >= 0.6 is 11.6 Å². The fourth-order valence-electron chi connectivity index (χ4n) is 4.09. The van der Waals surface area contributed by atoms with Crippen LogP contribution in [-0.4, -0.2) is 42.2 Å². The first-order valence-corrected chi connectivity index (χ1v) is 11.8. The number of alkyl halides is 4. The summed E-state index contributed by atoms with van der Waals surface area (Å²) in [5.41, 5.74) is -0.373. The van der Waals surface area contributed by atoms with Gasteiger partial charge in [-0.3, -0.25) is 4.98 Å². The number of amides is 2. The fourth-order valence-corrected chi connectivity index (χ4v) is 4.20. The summed E-state index contributed by atoms with van der Waals surface area (Å²) in [6.45, 7) is 0.148. The normalized spacial score (nSPS) is 17.0. The van der Waals surface area contributed by atoms with Gasteiger partial charge in [0.25, 0.3) is 0 Å². The number of nitrogens with one attached hydrogen (secondary N) is 2. The monoisotopic (exact) mass is 551 g/mol. The Labute approximate surface area is 220 Å². The lowest BCUT2D eigenvalue weighted by atomic mass is 9.80. The van der Waals surface area contributed by atoms with Gasteiger partial charge in [0.1, 0.15) is 17.3 Å². The molecule has 2 heterocycles. The summed E-state index contributed by atoms with van der Waals surface area (Å²) >= 11 is 6.04. The number of pyridine rings is 1. The van der Waals surface area contributed by atoms with E-state index in [0.29, 0.717) is 10.6 Å². The second-order valence-electron chi connectivity index (χ2n) is 8.53. The highest BCUT2D eigenvalue weighted by Crippen LogP contribution is 2.36. The van der Waals surface area contributed by atoms with Gasteiger partial charge in [0.2, 0.25) is 0 Å². The second-order valence-corrected chi connectivity index (χ2v) is 8.97. The lowest BCUT2D eigenvalue weighted by Gasteiger charge is -2.36. The zero-order valence-electron chi connectivity index (χ0n) is 19.7. The van der Waals surface area contributed by atoms with Crippen LogP contribution in [0, 0.1) is 0 Å². The van der Waals surface area contributed by atoms with Gasteiger partial charge in [0.15, 0.2) is 0 Å². The topological polar surface area (TPSA) is 89.5 Å². The lowest BCUT2D eigenvalue weighted by Crippen LogP contribution is -2.55. The van der Waals surface area contributed by atoms with Crippen LogP contribution in [0.2, 0.25) is 5.02 Å². The molecular formula is C26H22ClF4N3O4. The third-order valence-electron chi connectivity index (χ3n) is 5.88. The SMILES string of the molecule is O=C(N[C@H]1CCOC1=O)N[C@@](Cc1ccccc1)(c1cccc(OC(F)(F)C(F)F)c1)c1ccc(Cl)cn1. The number of carbonyl (C=O) groups is 2. The molecule has 0 aliphatic carbocycles. The molecule has 1 fully saturated rings. The maximum absolute atomic E-state index is 13.7. The molecule has 3 aromatic rings. The Morgan fingerprint density at radius 3 is 2.53 bits per heavy atom. The molecule has 4 rings (SSSR count). The summed E-state index contributed by atoms with van der Waals surface area (Å²) < 4.78 is 62.3. The third-order valence-corrected chi connectivity index (χ3v) is 6.10. The number of cyclic esters (lactones) is 1. The van der Waals surface area contributed by atoms with Crippen molar-refractivity contribution >= 4 is 23.6 Å². The number of esters is 1. The predicted octanol–water partition coefficient (Wildman–Crippen LogP) is 5.07. The molecule has 12 heteroatoms. The maximum atomic E-state index is 13.7. The van der Waals surface area contributed by atoms with Crippen molar-refractivity contribution in [2.75, 3.05) is 6.61 Å². The fraction of sp³-hybridized carbons (Fsp3) is 0.269. The molecule has 2 N–H and O–H groups in total. The first-order chi connectivity index (χ1) is 18.1. The number of nitrogens with zero attached hydrogens (tertiary/aromatic N) is 1. The molecule has 1 aromatic heterocycles. The minimum absolute atomic E-state index is 0.0553. The van der Waals surface area contributed by atoms with Crippen molar-refractivity contribution in [1.29, 1.82) is 0 Å². The maximum Gasteiger partial charge on any atom is 0.461 e. The zero-order chi connectivity index (χ0) is 27.3. The number of halogens is 5. The first kappa shape index (κ1) is 27.2. The summed E-state index contributed by atoms with van der Waals surface area (Å²) in [6.07, 6.45) is -7.14. The quantitative estimate of drug-likeness (QED) is 0.286. The van der Waals surface area contributed by atoms with Gasteiger partial charge in [-0.15, -0.1) is 0 Å². The van der Waals surface area contributed by atoms with Crippen LogP contribution in [0.3, 0.4) is 0 Å². The molecule has 0 saturated carbocycles. The van der Waals surface area contributed by atoms with Gasteiger partial charge in [0.05, 0.1) is 17.3 Å². The molecule has 2 aromatic carbocycles. The van der Waals surface area contributed by atoms with Gasteiger partial charge >= 0.3 is 24.5 Å². The van der Waals surface area contributed by atoms with E-state index in [1.807, 2.05) is 0 Å². The van der Waals surface area contributed by atoms with Crippen molar-refractivity contribution in [3.8, 4) is 5.75 Å². The van der Waals surface area contributed by atoms with E-state index in [0.717, 1.165) is 12.1 Å². The number of carbonyl (C=O) groups excluding carboxylic acids is 2. The van der Waals surface area contributed by atoms with Gasteiger partial charge in [-0.1, -0.05) is 54.1 Å². The van der Waals surface area contributed by atoms with E-state index in [4.69, 9.17) is 16.3 Å². The highest BCUT2D eigenvalue weighted by Gasteiger charge is 2.45. The van der Waals surface area contributed by atoms with Crippen LogP contribution in [0.5, 0.6) is 5.75 Å². The van der Waals surface area contributed by atoms with Crippen LogP contribution in [0.25, 0.3) is 0 Å². The van der Waals surface area contributed by atoms with E-state index in [-0.39, 0.29) is 30.7 Å². The molecule has 0 radical (unpaired) electrons. The summed E-state index contributed by atoms with van der Waals surface area (Å²) in [5.74, 6) is -1.15. The number of benzene rings is 2. The minimum atomic E-state index is -4.74. The van der Waals surface area contributed by atoms with E-state index < -0.39 is 41.9 Å². The molecule has 1 aliphatic heterocycles. The number of rotatable bonds is 9. The lowest BCUT2D eigenvalue weighted by molar-refractivity contribution is -0.253. The first-order valence-electron chi connectivity index (χ1n) is 11.5. The van der Waals surface area contributed by atoms with Gasteiger partial charge in [-0.25, -0.2) is 9.59 Å². The van der Waals surface area contributed by atoms with Crippen molar-refractivity contribution in [2.24, 2.45) is 0 Å². The molecule has 38 heavy (non-hydrogen) atoms. The molecule has 0 spiro atoms. The number of aromatic nitrogens is 1. The summed E-state index contributed by atoms with van der Waals surface area (Å²) in [7, 11) is 0. The summed E-state index contributed by atoms with van der Waals surface area (Å²) in [4.78, 5) is 29.5. The van der Waals surface area contributed by atoms with E-state index in [1.165, 1.54) is 30.5 Å². The summed E-state index contributed by atoms with van der Waals surface area (Å²) in [6, 6.07) is 15.4. The highest BCUT2D eigenvalue weighted by molar-refractivity contribution is 6.30. The Bertz CT molecular complexity index is 1280. The van der Waals surface area contributed by atoms with E-state index in [1.54, 1.807) is 30.3 Å². The number of hydrogen-bond acceptors (Lipinski definition) is 5. The van der Waals surface area contributed by atoms with Gasteiger partial charge in [0, 0.05) is 19.0 Å². The van der Waals surface area contributed by atoms with Crippen LogP contribution in [-0.2, 0) is 21.5 Å². The molecule has 0 bridgehead atoms. The highest BCUT2D eigenvalue weighted by atomic mass is 35.5. The Morgan fingerprint density at radius 2 is 1.89 bits per heavy atom. The molecule has 2 amide bonds. The standard InChI is InChI=1S/C26H22ClF4N3O4/c27-18-9-10-21(32-15-18)25(14-16-5-2-1-3-6-16,34-24(36)33-20-11-12-37-22(20)35)17-7-4-8-19(13-17)38-26(30,31)23(28)29/h1-10,13,15,20,23H,11-12,14H2,(H2,33,34,36)/t20-,25-/m0/s1. The zero-order valence-corrected chi connectivity index (χ0v) is 20.4. The van der Waals surface area contributed by atoms with Crippen molar-refractivity contribution in [3.05, 3.63) is 94.8 Å². The van der Waals surface area contributed by atoms with Gasteiger partial charge < -0.3 is 20.1 Å². The van der Waals surface area contributed by atoms with E-state index >= 15 is 0 Å². The smallest absolute Gasteiger partial charge is 0.461 e. The number of ether oxygens (including phenoxy) is 2. The Hall–Kier alpha value is -3.86. The second kappa shape index (κ2) is 11.3. The number of hydrogen-bond donors (Lipinski definition) is 2. The molecular weight excluding hydrogens is 530 g/mol. The van der Waals surface area contributed by atoms with Crippen LogP contribution in [0.4, 0.5) is 22.4 Å². The van der Waals surface area contributed by atoms with E-state index in [2.05, 4.69) is 20.4 Å². The van der Waals surface area contributed by atoms with Crippen LogP contribution in [0.1, 0.15) is 23.2 Å². The molecule has 2 atom stereocenters. The number of urea groups is 1. The molecule has 1 aliphatic rings. The minimum Gasteiger partial charge on any atom is -0.464 e. The average molecular weight is 552 g/mol. The Balaban J connectivity index is 1.82. The van der Waals surface area contributed by atoms with Crippen molar-refractivity contribution < 1.29 is 36.6 Å². The van der Waals surface area contributed by atoms with Crippen LogP contribution in [0.15, 0.2) is 72.9 Å². The third kappa shape index (κ3) is 6.16. The van der Waals surface area contributed by atoms with Crippen molar-refractivity contribution in [3.63, 3.8) is 0 Å². The van der Waals surface area contributed by atoms with Crippen molar-refractivity contribution in [1.82, 2.24) is 15.6 Å². The summed E-state index contributed by atoms with van der Waals surface area (Å²) in [5, 5.41) is 5.70. The average Bonchev–Trinajstić information content (AvgIpc) is 3.28. The van der Waals surface area contributed by atoms with Gasteiger partial charge in [-0.05, 0) is 35.4 Å². The predicted molar refractivity (Wildman–Crippen MR) is 129 cm³/mol. The largest absolute Gasteiger partial charge is 0.464 e. The Kier molecular flexibility index (Phi) is 8.05. The molecule has 200 valence electrons. The molecule has 0 unspecified atom stereocenters. The van der Waals surface area contributed by atoms with Crippen molar-refractivity contribution in [2.45, 2.75) is 37.0 Å². The van der Waals surface area contributed by atoms with Crippen LogP contribution < -0.4 is 15.4 Å². The van der Waals surface area contributed by atoms with E-state index in [9.17, 15) is 27.2 Å². The van der Waals surface area contributed by atoms with Gasteiger partial charge in [-0.2, -0.15) is 17.6 Å². The molecule has 1 saturated heterocycles. The Morgan fingerprint density at radius 1 is 1.13 bits per heavy atom.